The highest BCUT2D eigenvalue weighted by Crippen LogP contribution is 2.08. The molecule has 0 amide bonds. The summed E-state index contributed by atoms with van der Waals surface area (Å²) in [7, 11) is 0. The molecule has 0 saturated carbocycles. The van der Waals surface area contributed by atoms with E-state index in [1.54, 1.807) is 6.07 Å². The van der Waals surface area contributed by atoms with Crippen LogP contribution in [-0.2, 0) is 6.42 Å². The summed E-state index contributed by atoms with van der Waals surface area (Å²) >= 11 is 0. The normalized spacial score (nSPS) is 10.8. The van der Waals surface area contributed by atoms with Gasteiger partial charge in [-0.3, -0.25) is 0 Å². The van der Waals surface area contributed by atoms with Gasteiger partial charge in [-0.2, -0.15) is 0 Å². The Morgan fingerprint density at radius 3 is 2.33 bits per heavy atom. The van der Waals surface area contributed by atoms with Crippen molar-refractivity contribution < 1.29 is 8.78 Å². The Balaban J connectivity index is 2.05. The number of benzene rings is 1. The SMILES string of the molecule is CCCNCCCNCCc1ccc(F)c(F)c1. The van der Waals surface area contributed by atoms with Crippen LogP contribution in [-0.4, -0.2) is 26.2 Å². The van der Waals surface area contributed by atoms with Gasteiger partial charge in [0.05, 0.1) is 0 Å². The van der Waals surface area contributed by atoms with E-state index in [4.69, 9.17) is 0 Å². The molecule has 1 rings (SSSR count). The third-order valence-electron chi connectivity index (χ3n) is 2.71. The summed E-state index contributed by atoms with van der Waals surface area (Å²) < 4.78 is 25.6. The summed E-state index contributed by atoms with van der Waals surface area (Å²) in [6.07, 6.45) is 2.96. The Bertz CT molecular complexity index is 343. The van der Waals surface area contributed by atoms with Crippen LogP contribution < -0.4 is 10.6 Å². The molecule has 0 atom stereocenters. The van der Waals surface area contributed by atoms with Crippen molar-refractivity contribution in [3.05, 3.63) is 35.4 Å². The van der Waals surface area contributed by atoms with Crippen LogP contribution in [0.3, 0.4) is 0 Å². The number of hydrogen-bond acceptors (Lipinski definition) is 2. The first kappa shape index (κ1) is 15.1. The highest BCUT2D eigenvalue weighted by Gasteiger charge is 2.01. The van der Waals surface area contributed by atoms with Crippen molar-refractivity contribution in [3.8, 4) is 0 Å². The van der Waals surface area contributed by atoms with E-state index >= 15 is 0 Å². The van der Waals surface area contributed by atoms with Gasteiger partial charge in [-0.25, -0.2) is 8.78 Å². The van der Waals surface area contributed by atoms with Crippen LogP contribution in [0.2, 0.25) is 0 Å². The van der Waals surface area contributed by atoms with Crippen molar-refractivity contribution in [1.82, 2.24) is 10.6 Å². The zero-order chi connectivity index (χ0) is 13.2. The lowest BCUT2D eigenvalue weighted by molar-refractivity contribution is 0.506. The van der Waals surface area contributed by atoms with E-state index in [1.807, 2.05) is 0 Å². The fourth-order valence-corrected chi connectivity index (χ4v) is 1.69. The maximum atomic E-state index is 12.9. The van der Waals surface area contributed by atoms with Crippen LogP contribution in [0.5, 0.6) is 0 Å². The predicted octanol–water partition coefficient (Wildman–Crippen LogP) is 2.49. The monoisotopic (exact) mass is 256 g/mol. The summed E-state index contributed by atoms with van der Waals surface area (Å²) in [6, 6.07) is 4.07. The number of halogens is 2. The van der Waals surface area contributed by atoms with Gasteiger partial charge in [0.25, 0.3) is 0 Å². The second-order valence-corrected chi connectivity index (χ2v) is 4.35. The van der Waals surface area contributed by atoms with Crippen LogP contribution in [0.15, 0.2) is 18.2 Å². The fraction of sp³-hybridized carbons (Fsp3) is 0.571. The van der Waals surface area contributed by atoms with Crippen molar-refractivity contribution in [2.24, 2.45) is 0 Å². The fourth-order valence-electron chi connectivity index (χ4n) is 1.69. The van der Waals surface area contributed by atoms with Crippen LogP contribution in [0, 0.1) is 11.6 Å². The molecule has 0 bridgehead atoms. The minimum atomic E-state index is -0.784. The van der Waals surface area contributed by atoms with Gasteiger partial charge in [0.2, 0.25) is 0 Å². The van der Waals surface area contributed by atoms with Crippen LogP contribution in [0.4, 0.5) is 8.78 Å². The summed E-state index contributed by atoms with van der Waals surface area (Å²) in [5.41, 5.74) is 0.825. The molecule has 0 aliphatic carbocycles. The highest BCUT2D eigenvalue weighted by molar-refractivity contribution is 5.17. The molecule has 4 heteroatoms. The number of hydrogen-bond donors (Lipinski definition) is 2. The Kier molecular flexibility index (Phi) is 7.53. The molecule has 0 aliphatic rings. The average Bonchev–Trinajstić information content (AvgIpc) is 2.37. The second kappa shape index (κ2) is 9.00. The lowest BCUT2D eigenvalue weighted by atomic mass is 10.1. The van der Waals surface area contributed by atoms with E-state index in [9.17, 15) is 8.78 Å². The molecule has 1 aromatic carbocycles. The molecule has 0 heterocycles. The van der Waals surface area contributed by atoms with E-state index < -0.39 is 11.6 Å². The van der Waals surface area contributed by atoms with E-state index in [0.717, 1.165) is 51.0 Å². The zero-order valence-electron chi connectivity index (χ0n) is 10.9. The molecule has 0 radical (unpaired) electrons. The first-order valence-electron chi connectivity index (χ1n) is 6.59. The van der Waals surface area contributed by atoms with Crippen LogP contribution >= 0.6 is 0 Å². The van der Waals surface area contributed by atoms with Crippen molar-refractivity contribution in [3.63, 3.8) is 0 Å². The third-order valence-corrected chi connectivity index (χ3v) is 2.71. The molecule has 1 aromatic rings. The molecule has 0 aromatic heterocycles. The molecule has 2 nitrogen and oxygen atoms in total. The van der Waals surface area contributed by atoms with Crippen LogP contribution in [0.25, 0.3) is 0 Å². The maximum absolute atomic E-state index is 12.9. The summed E-state index contributed by atoms with van der Waals surface area (Å²) in [5.74, 6) is -1.55. The van der Waals surface area contributed by atoms with Crippen molar-refractivity contribution >= 4 is 0 Å². The summed E-state index contributed by atoms with van der Waals surface area (Å²) in [6.45, 7) is 5.97. The van der Waals surface area contributed by atoms with E-state index in [0.29, 0.717) is 0 Å². The van der Waals surface area contributed by atoms with Crippen molar-refractivity contribution in [2.75, 3.05) is 26.2 Å². The lowest BCUT2D eigenvalue weighted by Gasteiger charge is -2.06. The quantitative estimate of drug-likeness (QED) is 0.663. The Morgan fingerprint density at radius 1 is 0.944 bits per heavy atom. The molecular weight excluding hydrogens is 234 g/mol. The van der Waals surface area contributed by atoms with E-state index in [-0.39, 0.29) is 0 Å². The second-order valence-electron chi connectivity index (χ2n) is 4.35. The molecule has 18 heavy (non-hydrogen) atoms. The maximum Gasteiger partial charge on any atom is 0.159 e. The minimum absolute atomic E-state index is 0.722. The van der Waals surface area contributed by atoms with Gasteiger partial charge in [-0.05, 0) is 63.1 Å². The molecular formula is C14H22F2N2. The lowest BCUT2D eigenvalue weighted by Crippen LogP contribution is -2.23. The first-order chi connectivity index (χ1) is 8.74. The van der Waals surface area contributed by atoms with Crippen molar-refractivity contribution in [2.45, 2.75) is 26.2 Å². The molecule has 0 fully saturated rings. The molecule has 0 saturated heterocycles. The van der Waals surface area contributed by atoms with E-state index in [2.05, 4.69) is 17.6 Å². The predicted molar refractivity (Wildman–Crippen MR) is 70.7 cm³/mol. The topological polar surface area (TPSA) is 24.1 Å². The summed E-state index contributed by atoms with van der Waals surface area (Å²) in [5, 5.41) is 6.61. The average molecular weight is 256 g/mol. The smallest absolute Gasteiger partial charge is 0.159 e. The van der Waals surface area contributed by atoms with E-state index in [1.165, 1.54) is 12.1 Å². The molecule has 2 N–H and O–H groups in total. The first-order valence-corrected chi connectivity index (χ1v) is 6.59. The molecule has 0 aliphatic heterocycles. The summed E-state index contributed by atoms with van der Waals surface area (Å²) in [4.78, 5) is 0. The zero-order valence-corrected chi connectivity index (χ0v) is 10.9. The minimum Gasteiger partial charge on any atom is -0.317 e. The largest absolute Gasteiger partial charge is 0.317 e. The molecule has 0 spiro atoms. The van der Waals surface area contributed by atoms with Gasteiger partial charge in [-0.15, -0.1) is 0 Å². The van der Waals surface area contributed by atoms with Crippen molar-refractivity contribution in [1.29, 1.82) is 0 Å². The number of rotatable bonds is 9. The van der Waals surface area contributed by atoms with Crippen LogP contribution in [0.1, 0.15) is 25.3 Å². The van der Waals surface area contributed by atoms with Gasteiger partial charge in [0.15, 0.2) is 11.6 Å². The van der Waals surface area contributed by atoms with Gasteiger partial charge in [-0.1, -0.05) is 13.0 Å². The number of nitrogens with one attached hydrogen (secondary N) is 2. The molecule has 102 valence electrons. The van der Waals surface area contributed by atoms with Gasteiger partial charge in [0.1, 0.15) is 0 Å². The van der Waals surface area contributed by atoms with Gasteiger partial charge >= 0.3 is 0 Å². The third kappa shape index (κ3) is 6.07. The standard InChI is InChI=1S/C14H22F2N2/c1-2-7-17-8-3-9-18-10-6-12-4-5-13(15)14(16)11-12/h4-5,11,17-18H,2-3,6-10H2,1H3. The highest BCUT2D eigenvalue weighted by atomic mass is 19.2. The van der Waals surface area contributed by atoms with Gasteiger partial charge < -0.3 is 10.6 Å². The molecule has 0 unspecified atom stereocenters. The Morgan fingerprint density at radius 2 is 1.67 bits per heavy atom. The Hall–Kier alpha value is -1.00. The van der Waals surface area contributed by atoms with Gasteiger partial charge in [0, 0.05) is 0 Å². The Labute approximate surface area is 108 Å².